The number of H-pyrrole nitrogens is 1. The number of rotatable bonds is 3. The number of nitrogens with zero attached hydrogens (tertiary/aromatic N) is 4. The van der Waals surface area contributed by atoms with Gasteiger partial charge in [-0.3, -0.25) is 5.10 Å². The Morgan fingerprint density at radius 1 is 1.28 bits per heavy atom. The number of hydrogen-bond donors (Lipinski definition) is 1. The number of nitrogens with one attached hydrogen (secondary N) is 1. The zero-order valence-corrected chi connectivity index (χ0v) is 16.7. The summed E-state index contributed by atoms with van der Waals surface area (Å²) in [5.74, 6) is 1.07. The average molecular weight is 391 g/mol. The number of aromatic nitrogens is 4. The van der Waals surface area contributed by atoms with Gasteiger partial charge in [-0.25, -0.2) is 4.79 Å². The van der Waals surface area contributed by atoms with Crippen LogP contribution in [0.25, 0.3) is 33.1 Å². The molecule has 1 aliphatic heterocycles. The molecule has 29 heavy (non-hydrogen) atoms. The Kier molecular flexibility index (Phi) is 3.84. The molecule has 4 aromatic rings. The number of methoxy groups -OCH3 is 1. The molecule has 0 aliphatic carbocycles. The molecule has 0 radical (unpaired) electrons. The third-order valence-electron chi connectivity index (χ3n) is 5.80. The monoisotopic (exact) mass is 391 g/mol. The maximum atomic E-state index is 13.1. The average Bonchev–Trinajstić information content (AvgIpc) is 3.18. The van der Waals surface area contributed by atoms with Crippen molar-refractivity contribution >= 4 is 27.6 Å². The van der Waals surface area contributed by atoms with Gasteiger partial charge in [0.15, 0.2) is 5.82 Å². The van der Waals surface area contributed by atoms with Crippen molar-refractivity contribution in [3.63, 3.8) is 0 Å². The van der Waals surface area contributed by atoms with Crippen molar-refractivity contribution < 1.29 is 9.15 Å². The Morgan fingerprint density at radius 2 is 2.10 bits per heavy atom. The van der Waals surface area contributed by atoms with Crippen molar-refractivity contribution in [3.05, 3.63) is 39.9 Å². The van der Waals surface area contributed by atoms with Gasteiger partial charge in [-0.05, 0) is 38.8 Å². The summed E-state index contributed by atoms with van der Waals surface area (Å²) in [5, 5.41) is 8.40. The molecule has 1 aromatic carbocycles. The molecular weight excluding hydrogens is 370 g/mol. The van der Waals surface area contributed by atoms with Crippen LogP contribution in [0.15, 0.2) is 27.5 Å². The lowest BCUT2D eigenvalue weighted by atomic mass is 9.98. The highest BCUT2D eigenvalue weighted by Crippen LogP contribution is 2.37. The molecule has 8 nitrogen and oxygen atoms in total. The fourth-order valence-electron chi connectivity index (χ4n) is 4.01. The van der Waals surface area contributed by atoms with E-state index in [4.69, 9.17) is 9.15 Å². The highest BCUT2D eigenvalue weighted by Gasteiger charge is 2.30. The Hall–Kier alpha value is -3.42. The largest absolute Gasteiger partial charge is 0.467 e. The molecule has 0 saturated carbocycles. The molecule has 0 spiro atoms. The van der Waals surface area contributed by atoms with E-state index in [-0.39, 0.29) is 6.01 Å². The minimum atomic E-state index is -0.447. The molecule has 1 N–H and O–H groups in total. The van der Waals surface area contributed by atoms with Gasteiger partial charge in [-0.15, -0.1) is 0 Å². The second-order valence-electron chi connectivity index (χ2n) is 7.52. The first-order chi connectivity index (χ1) is 14.0. The third-order valence-corrected chi connectivity index (χ3v) is 5.80. The van der Waals surface area contributed by atoms with Crippen LogP contribution in [-0.4, -0.2) is 39.9 Å². The zero-order chi connectivity index (χ0) is 20.3. The van der Waals surface area contributed by atoms with E-state index in [0.29, 0.717) is 28.5 Å². The lowest BCUT2D eigenvalue weighted by Crippen LogP contribution is -2.46. The number of aromatic amines is 1. The van der Waals surface area contributed by atoms with Crippen molar-refractivity contribution in [2.75, 3.05) is 18.6 Å². The number of aryl methyl sites for hydroxylation is 2. The van der Waals surface area contributed by atoms with Crippen LogP contribution in [0.3, 0.4) is 0 Å². The van der Waals surface area contributed by atoms with Crippen LogP contribution in [0.1, 0.15) is 24.5 Å². The van der Waals surface area contributed by atoms with E-state index in [1.54, 1.807) is 6.20 Å². The molecule has 5 rings (SSSR count). The van der Waals surface area contributed by atoms with E-state index < -0.39 is 5.63 Å². The van der Waals surface area contributed by atoms with Crippen LogP contribution in [0.4, 0.5) is 5.82 Å². The summed E-state index contributed by atoms with van der Waals surface area (Å²) in [6.45, 7) is 6.84. The third kappa shape index (κ3) is 2.52. The molecule has 1 unspecified atom stereocenters. The Morgan fingerprint density at radius 3 is 2.79 bits per heavy atom. The van der Waals surface area contributed by atoms with E-state index in [1.165, 1.54) is 7.11 Å². The Balaban J connectivity index is 1.86. The summed E-state index contributed by atoms with van der Waals surface area (Å²) in [6, 6.07) is 4.49. The minimum Gasteiger partial charge on any atom is -0.467 e. The predicted molar refractivity (Wildman–Crippen MR) is 111 cm³/mol. The first-order valence-electron chi connectivity index (χ1n) is 9.58. The molecule has 1 atom stereocenters. The van der Waals surface area contributed by atoms with Gasteiger partial charge in [-0.1, -0.05) is 6.07 Å². The minimum absolute atomic E-state index is 0.240. The van der Waals surface area contributed by atoms with Crippen molar-refractivity contribution in [1.29, 1.82) is 0 Å². The number of anilines is 1. The smallest absolute Gasteiger partial charge is 0.349 e. The summed E-state index contributed by atoms with van der Waals surface area (Å²) in [6.07, 6.45) is 2.80. The molecule has 3 aromatic heterocycles. The Labute approximate surface area is 166 Å². The first-order valence-corrected chi connectivity index (χ1v) is 9.58. The van der Waals surface area contributed by atoms with Gasteiger partial charge in [0.2, 0.25) is 0 Å². The van der Waals surface area contributed by atoms with Crippen molar-refractivity contribution in [2.24, 2.45) is 0 Å². The first kappa shape index (κ1) is 17.7. The van der Waals surface area contributed by atoms with Crippen molar-refractivity contribution in [2.45, 2.75) is 33.2 Å². The highest BCUT2D eigenvalue weighted by molar-refractivity contribution is 5.99. The van der Waals surface area contributed by atoms with Crippen LogP contribution in [0.2, 0.25) is 0 Å². The molecule has 148 valence electrons. The Bertz CT molecular complexity index is 1320. The molecule has 1 saturated heterocycles. The molecule has 8 heteroatoms. The molecular formula is C21H21N5O3. The summed E-state index contributed by atoms with van der Waals surface area (Å²) in [5.41, 5.74) is 3.58. The second-order valence-corrected chi connectivity index (χ2v) is 7.52. The SMILES string of the molecule is COc1nc(N2CCC2C)c2c(=O)oc(-c3c(C)ccc4[nH]ncc34)c(C)c2n1. The van der Waals surface area contributed by atoms with Gasteiger partial charge in [0.25, 0.3) is 0 Å². The van der Waals surface area contributed by atoms with E-state index in [1.807, 2.05) is 26.0 Å². The summed E-state index contributed by atoms with van der Waals surface area (Å²) in [4.78, 5) is 24.2. The van der Waals surface area contributed by atoms with Gasteiger partial charge < -0.3 is 14.1 Å². The molecule has 0 amide bonds. The van der Waals surface area contributed by atoms with Gasteiger partial charge in [0, 0.05) is 29.1 Å². The number of hydrogen-bond acceptors (Lipinski definition) is 7. The number of ether oxygens (including phenoxy) is 1. The van der Waals surface area contributed by atoms with Gasteiger partial charge >= 0.3 is 11.6 Å². The fraction of sp³-hybridized carbons (Fsp3) is 0.333. The van der Waals surface area contributed by atoms with Crippen LogP contribution >= 0.6 is 0 Å². The van der Waals surface area contributed by atoms with Gasteiger partial charge in [-0.2, -0.15) is 15.1 Å². The molecule has 1 fully saturated rings. The maximum Gasteiger partial charge on any atom is 0.349 e. The quantitative estimate of drug-likeness (QED) is 0.572. The zero-order valence-electron chi connectivity index (χ0n) is 16.7. The highest BCUT2D eigenvalue weighted by atomic mass is 16.5. The number of benzene rings is 1. The molecule has 4 heterocycles. The van der Waals surface area contributed by atoms with E-state index in [2.05, 4.69) is 32.0 Å². The maximum absolute atomic E-state index is 13.1. The van der Waals surface area contributed by atoms with Gasteiger partial charge in [0.05, 0.1) is 24.3 Å². The summed E-state index contributed by atoms with van der Waals surface area (Å²) >= 11 is 0. The lowest BCUT2D eigenvalue weighted by molar-refractivity contribution is 0.379. The van der Waals surface area contributed by atoms with E-state index in [9.17, 15) is 4.79 Å². The summed E-state index contributed by atoms with van der Waals surface area (Å²) < 4.78 is 11.2. The van der Waals surface area contributed by atoms with Crippen LogP contribution in [0.5, 0.6) is 6.01 Å². The van der Waals surface area contributed by atoms with Crippen molar-refractivity contribution in [3.8, 4) is 17.3 Å². The van der Waals surface area contributed by atoms with Crippen molar-refractivity contribution in [1.82, 2.24) is 20.2 Å². The number of fused-ring (bicyclic) bond motifs is 2. The topological polar surface area (TPSA) is 97.1 Å². The lowest BCUT2D eigenvalue weighted by Gasteiger charge is -2.40. The predicted octanol–water partition coefficient (Wildman–Crippen LogP) is 3.35. The van der Waals surface area contributed by atoms with Crippen LogP contribution < -0.4 is 15.3 Å². The fourth-order valence-corrected chi connectivity index (χ4v) is 4.01. The van der Waals surface area contributed by atoms with E-state index in [0.717, 1.165) is 40.6 Å². The molecule has 0 bridgehead atoms. The van der Waals surface area contributed by atoms with Crippen LogP contribution in [-0.2, 0) is 0 Å². The van der Waals surface area contributed by atoms with Crippen LogP contribution in [0, 0.1) is 13.8 Å². The second kappa shape index (κ2) is 6.30. The normalized spacial score (nSPS) is 16.4. The van der Waals surface area contributed by atoms with E-state index >= 15 is 0 Å². The van der Waals surface area contributed by atoms with Gasteiger partial charge in [0.1, 0.15) is 11.1 Å². The molecule has 1 aliphatic rings. The summed E-state index contributed by atoms with van der Waals surface area (Å²) in [7, 11) is 1.53. The standard InChI is InChI=1S/C21H21N5O3/c1-10-5-6-14-13(9-22-25-14)15(10)18-12(3)17-16(20(27)29-18)19(24-21(23-17)28-4)26-8-7-11(26)2/h5-6,9,11H,7-8H2,1-4H3,(H,22,25).